The van der Waals surface area contributed by atoms with Gasteiger partial charge in [0, 0.05) is 30.5 Å². The summed E-state index contributed by atoms with van der Waals surface area (Å²) in [5.74, 6) is -0.0235. The molecule has 2 aliphatic rings. The number of anilines is 1. The Labute approximate surface area is 127 Å². The van der Waals surface area contributed by atoms with Crippen LogP contribution in [0.1, 0.15) is 36.5 Å². The van der Waals surface area contributed by atoms with Gasteiger partial charge >= 0.3 is 0 Å². The summed E-state index contributed by atoms with van der Waals surface area (Å²) in [6, 6.07) is 0. The number of amides is 1. The molecular formula is C13H18N2O4S2. The summed E-state index contributed by atoms with van der Waals surface area (Å²) in [4.78, 5) is 17.5. The van der Waals surface area contributed by atoms with Crippen molar-refractivity contribution < 1.29 is 17.9 Å². The van der Waals surface area contributed by atoms with E-state index in [0.717, 1.165) is 37.2 Å². The number of hydrogen-bond acceptors (Lipinski definition) is 6. The van der Waals surface area contributed by atoms with Crippen molar-refractivity contribution in [1.82, 2.24) is 4.98 Å². The van der Waals surface area contributed by atoms with Crippen LogP contribution in [0.3, 0.4) is 0 Å². The third-order valence-electron chi connectivity index (χ3n) is 4.20. The highest BCUT2D eigenvalue weighted by atomic mass is 32.2. The van der Waals surface area contributed by atoms with Crippen molar-refractivity contribution in [2.75, 3.05) is 24.8 Å². The van der Waals surface area contributed by atoms with Crippen LogP contribution in [0.15, 0.2) is 6.20 Å². The fourth-order valence-corrected chi connectivity index (χ4v) is 4.82. The molecule has 3 rings (SSSR count). The number of hydrogen-bond donors (Lipinski definition) is 1. The highest BCUT2D eigenvalue weighted by Gasteiger charge is 2.58. The molecule has 1 amide bonds. The van der Waals surface area contributed by atoms with E-state index in [1.165, 1.54) is 11.3 Å². The van der Waals surface area contributed by atoms with Gasteiger partial charge in [0.1, 0.15) is 0 Å². The van der Waals surface area contributed by atoms with Gasteiger partial charge in [-0.2, -0.15) is 0 Å². The number of nitrogens with zero attached hydrogens (tertiary/aromatic N) is 1. The third kappa shape index (κ3) is 2.84. The van der Waals surface area contributed by atoms with Gasteiger partial charge in [0.2, 0.25) is 5.91 Å². The van der Waals surface area contributed by atoms with Gasteiger partial charge < -0.3 is 10.1 Å². The van der Waals surface area contributed by atoms with E-state index in [2.05, 4.69) is 10.3 Å². The Hall–Kier alpha value is -0.990. The lowest BCUT2D eigenvalue weighted by atomic mass is 9.99. The Bertz CT molecular complexity index is 643. The van der Waals surface area contributed by atoms with E-state index in [0.29, 0.717) is 23.9 Å². The predicted octanol–water partition coefficient (Wildman–Crippen LogP) is 1.55. The summed E-state index contributed by atoms with van der Waals surface area (Å²) in [5.41, 5.74) is 0. The van der Waals surface area contributed by atoms with E-state index in [1.54, 1.807) is 6.20 Å². The summed E-state index contributed by atoms with van der Waals surface area (Å²) in [6.45, 7) is 1.50. The molecule has 0 bridgehead atoms. The lowest BCUT2D eigenvalue weighted by Crippen LogP contribution is -2.36. The average Bonchev–Trinajstić information content (AvgIpc) is 3.15. The SMILES string of the molecule is CS(=O)(=O)C1(C(=O)Nc2ncc(C3CCOCC3)s2)CC1. The van der Waals surface area contributed by atoms with Crippen LogP contribution >= 0.6 is 11.3 Å². The summed E-state index contributed by atoms with van der Waals surface area (Å²) in [6.07, 6.45) is 5.61. The van der Waals surface area contributed by atoms with Gasteiger partial charge in [-0.15, -0.1) is 11.3 Å². The quantitative estimate of drug-likeness (QED) is 0.905. The minimum absolute atomic E-state index is 0.399. The van der Waals surface area contributed by atoms with Crippen molar-refractivity contribution in [3.05, 3.63) is 11.1 Å². The van der Waals surface area contributed by atoms with Gasteiger partial charge in [0.05, 0.1) is 0 Å². The van der Waals surface area contributed by atoms with E-state index >= 15 is 0 Å². The molecule has 1 aliphatic heterocycles. The van der Waals surface area contributed by atoms with E-state index in [9.17, 15) is 13.2 Å². The van der Waals surface area contributed by atoms with Crippen molar-refractivity contribution in [2.24, 2.45) is 0 Å². The molecule has 0 spiro atoms. The van der Waals surface area contributed by atoms with Gasteiger partial charge in [-0.25, -0.2) is 13.4 Å². The standard InChI is InChI=1S/C13H18N2O4S2/c1-21(17,18)13(4-5-13)11(16)15-12-14-8-10(20-12)9-2-6-19-7-3-9/h8-9H,2-7H2,1H3,(H,14,15,16). The zero-order valence-electron chi connectivity index (χ0n) is 11.8. The molecule has 1 N–H and O–H groups in total. The fourth-order valence-electron chi connectivity index (χ4n) is 2.61. The Kier molecular flexibility index (Phi) is 3.79. The second-order valence-electron chi connectivity index (χ2n) is 5.68. The Morgan fingerprint density at radius 3 is 2.67 bits per heavy atom. The topological polar surface area (TPSA) is 85.4 Å². The second-order valence-corrected chi connectivity index (χ2v) is 9.06. The smallest absolute Gasteiger partial charge is 0.247 e. The molecule has 8 heteroatoms. The number of sulfone groups is 1. The molecular weight excluding hydrogens is 312 g/mol. The molecule has 1 aromatic heterocycles. The number of thiazole rings is 1. The van der Waals surface area contributed by atoms with Gasteiger partial charge in [0.15, 0.2) is 19.7 Å². The molecule has 0 atom stereocenters. The van der Waals surface area contributed by atoms with Crippen LogP contribution in [0, 0.1) is 0 Å². The Morgan fingerprint density at radius 1 is 1.43 bits per heavy atom. The molecule has 0 unspecified atom stereocenters. The summed E-state index contributed by atoms with van der Waals surface area (Å²) < 4.78 is 27.5. The highest BCUT2D eigenvalue weighted by molar-refractivity contribution is 7.93. The molecule has 1 aliphatic carbocycles. The molecule has 1 saturated heterocycles. The molecule has 2 heterocycles. The Morgan fingerprint density at radius 2 is 2.10 bits per heavy atom. The minimum atomic E-state index is -3.38. The van der Waals surface area contributed by atoms with Crippen LogP contribution in [0.2, 0.25) is 0 Å². The van der Waals surface area contributed by atoms with Crippen molar-refractivity contribution in [3.63, 3.8) is 0 Å². The van der Waals surface area contributed by atoms with E-state index in [-0.39, 0.29) is 0 Å². The van der Waals surface area contributed by atoms with Crippen LogP contribution in [0.4, 0.5) is 5.13 Å². The van der Waals surface area contributed by atoms with Crippen molar-refractivity contribution in [2.45, 2.75) is 36.3 Å². The monoisotopic (exact) mass is 330 g/mol. The summed E-state index contributed by atoms with van der Waals surface area (Å²) in [7, 11) is -3.38. The van der Waals surface area contributed by atoms with E-state index in [1.807, 2.05) is 0 Å². The number of nitrogens with one attached hydrogen (secondary N) is 1. The Balaban J connectivity index is 1.69. The number of aromatic nitrogens is 1. The molecule has 116 valence electrons. The molecule has 0 aromatic carbocycles. The molecule has 1 aromatic rings. The number of rotatable bonds is 4. The third-order valence-corrected chi connectivity index (χ3v) is 7.28. The molecule has 1 saturated carbocycles. The first kappa shape index (κ1) is 14.9. The largest absolute Gasteiger partial charge is 0.381 e. The number of carbonyl (C=O) groups is 1. The first-order chi connectivity index (χ1) is 9.92. The lowest BCUT2D eigenvalue weighted by molar-refractivity contribution is -0.116. The fraction of sp³-hybridized carbons (Fsp3) is 0.692. The molecule has 0 radical (unpaired) electrons. The molecule has 6 nitrogen and oxygen atoms in total. The van der Waals surface area contributed by atoms with Crippen molar-refractivity contribution in [1.29, 1.82) is 0 Å². The second kappa shape index (κ2) is 5.33. The predicted molar refractivity (Wildman–Crippen MR) is 80.3 cm³/mol. The number of carbonyl (C=O) groups excluding carboxylic acids is 1. The number of ether oxygens (including phenoxy) is 1. The van der Waals surface area contributed by atoms with Crippen LogP contribution in [0.25, 0.3) is 0 Å². The first-order valence-electron chi connectivity index (χ1n) is 6.97. The molecule has 21 heavy (non-hydrogen) atoms. The van der Waals surface area contributed by atoms with Crippen LogP contribution < -0.4 is 5.32 Å². The minimum Gasteiger partial charge on any atom is -0.381 e. The van der Waals surface area contributed by atoms with Crippen LogP contribution in [-0.4, -0.2) is 43.5 Å². The molecule has 2 fully saturated rings. The van der Waals surface area contributed by atoms with Crippen molar-refractivity contribution >= 4 is 32.2 Å². The zero-order valence-corrected chi connectivity index (χ0v) is 13.4. The maximum Gasteiger partial charge on any atom is 0.247 e. The normalized spacial score (nSPS) is 22.0. The van der Waals surface area contributed by atoms with Crippen LogP contribution in [-0.2, 0) is 19.4 Å². The van der Waals surface area contributed by atoms with Crippen LogP contribution in [0.5, 0.6) is 0 Å². The summed E-state index contributed by atoms with van der Waals surface area (Å²) in [5, 5.41) is 3.15. The van der Waals surface area contributed by atoms with E-state index in [4.69, 9.17) is 4.74 Å². The highest BCUT2D eigenvalue weighted by Crippen LogP contribution is 2.44. The van der Waals surface area contributed by atoms with Crippen molar-refractivity contribution in [3.8, 4) is 0 Å². The maximum atomic E-state index is 12.2. The van der Waals surface area contributed by atoms with Gasteiger partial charge in [-0.3, -0.25) is 4.79 Å². The average molecular weight is 330 g/mol. The zero-order chi connectivity index (χ0) is 15.1. The lowest BCUT2D eigenvalue weighted by Gasteiger charge is -2.20. The summed E-state index contributed by atoms with van der Waals surface area (Å²) >= 11 is 1.43. The van der Waals surface area contributed by atoms with Gasteiger partial charge in [-0.05, 0) is 31.6 Å². The van der Waals surface area contributed by atoms with Gasteiger partial charge in [0.25, 0.3) is 0 Å². The van der Waals surface area contributed by atoms with Gasteiger partial charge in [-0.1, -0.05) is 0 Å². The first-order valence-corrected chi connectivity index (χ1v) is 9.68. The van der Waals surface area contributed by atoms with E-state index < -0.39 is 20.5 Å². The maximum absolute atomic E-state index is 12.2.